The fraction of sp³-hybridized carbons (Fsp3) is 0.100. The Hall–Kier alpha value is -1.97. The summed E-state index contributed by atoms with van der Waals surface area (Å²) in [6.45, 7) is -0.310. The summed E-state index contributed by atoms with van der Waals surface area (Å²) in [4.78, 5) is 13.3. The molecule has 1 heterocycles. The molecule has 2 rings (SSSR count). The van der Waals surface area contributed by atoms with E-state index in [1.807, 2.05) is 18.3 Å². The van der Waals surface area contributed by atoms with Crippen LogP contribution >= 0.6 is 0 Å². The molecule has 2 aromatic rings. The Morgan fingerprint density at radius 3 is 3.07 bits per heavy atom. The maximum Gasteiger partial charge on any atom is 0.341 e. The van der Waals surface area contributed by atoms with Crippen molar-refractivity contribution in [3.8, 4) is 5.75 Å². The number of carboxylic acids is 1. The van der Waals surface area contributed by atoms with Crippen LogP contribution in [0.2, 0.25) is 0 Å². The molecule has 0 unspecified atom stereocenters. The maximum absolute atomic E-state index is 10.3. The van der Waals surface area contributed by atoms with Crippen LogP contribution in [0.4, 0.5) is 0 Å². The van der Waals surface area contributed by atoms with E-state index in [1.165, 1.54) is 0 Å². The Morgan fingerprint density at radius 1 is 1.43 bits per heavy atom. The van der Waals surface area contributed by atoms with Gasteiger partial charge < -0.3 is 14.8 Å². The molecule has 2 N–H and O–H groups in total. The monoisotopic (exact) mass is 191 g/mol. The van der Waals surface area contributed by atoms with Crippen LogP contribution in [-0.2, 0) is 4.79 Å². The number of aliphatic carboxylic acids is 1. The average Bonchev–Trinajstić information content (AvgIpc) is 2.61. The number of carboxylic acid groups (broad SMARTS) is 1. The largest absolute Gasteiger partial charge is 0.482 e. The topological polar surface area (TPSA) is 62.3 Å². The third-order valence-corrected chi connectivity index (χ3v) is 1.89. The van der Waals surface area contributed by atoms with Crippen molar-refractivity contribution in [3.05, 3.63) is 30.5 Å². The van der Waals surface area contributed by atoms with E-state index in [0.29, 0.717) is 5.75 Å². The summed E-state index contributed by atoms with van der Waals surface area (Å²) in [5.41, 5.74) is 1.01. The molecular weight excluding hydrogens is 182 g/mol. The number of benzene rings is 1. The van der Waals surface area contributed by atoms with Crippen molar-refractivity contribution in [1.82, 2.24) is 4.98 Å². The van der Waals surface area contributed by atoms with Gasteiger partial charge in [-0.3, -0.25) is 0 Å². The van der Waals surface area contributed by atoms with Crippen LogP contribution in [0.1, 0.15) is 0 Å². The van der Waals surface area contributed by atoms with Crippen molar-refractivity contribution in [3.63, 3.8) is 0 Å². The second kappa shape index (κ2) is 3.41. The first-order valence-corrected chi connectivity index (χ1v) is 4.17. The van der Waals surface area contributed by atoms with Crippen molar-refractivity contribution < 1.29 is 14.6 Å². The molecule has 72 valence electrons. The van der Waals surface area contributed by atoms with E-state index in [1.54, 1.807) is 12.1 Å². The van der Waals surface area contributed by atoms with Gasteiger partial charge in [0.15, 0.2) is 6.61 Å². The molecular formula is C10H9NO3. The summed E-state index contributed by atoms with van der Waals surface area (Å²) in [5.74, 6) is -0.404. The number of H-pyrrole nitrogens is 1. The van der Waals surface area contributed by atoms with Crippen LogP contribution in [0.5, 0.6) is 5.75 Å². The fourth-order valence-electron chi connectivity index (χ4n) is 1.27. The zero-order valence-electron chi connectivity index (χ0n) is 7.36. The second-order valence-corrected chi connectivity index (χ2v) is 2.91. The van der Waals surface area contributed by atoms with E-state index in [9.17, 15) is 4.79 Å². The highest BCUT2D eigenvalue weighted by Crippen LogP contribution is 2.19. The third-order valence-electron chi connectivity index (χ3n) is 1.89. The van der Waals surface area contributed by atoms with Crippen LogP contribution in [-0.4, -0.2) is 22.7 Å². The number of carbonyl (C=O) groups is 1. The number of aromatic nitrogens is 1. The maximum atomic E-state index is 10.3. The SMILES string of the molecule is O=C(O)COc1ccc2[nH]ccc2c1. The predicted molar refractivity (Wildman–Crippen MR) is 51.4 cm³/mol. The van der Waals surface area contributed by atoms with Crippen molar-refractivity contribution in [1.29, 1.82) is 0 Å². The van der Waals surface area contributed by atoms with Crippen molar-refractivity contribution >= 4 is 16.9 Å². The molecule has 4 nitrogen and oxygen atoms in total. The number of hydrogen-bond donors (Lipinski definition) is 2. The molecule has 0 radical (unpaired) electrons. The quantitative estimate of drug-likeness (QED) is 0.775. The van der Waals surface area contributed by atoms with Crippen LogP contribution < -0.4 is 4.74 Å². The number of fused-ring (bicyclic) bond motifs is 1. The lowest BCUT2D eigenvalue weighted by atomic mass is 10.2. The molecule has 0 aliphatic rings. The molecule has 0 aliphatic carbocycles. The van der Waals surface area contributed by atoms with Gasteiger partial charge in [0.2, 0.25) is 0 Å². The summed E-state index contributed by atoms with van der Waals surface area (Å²) < 4.78 is 5.03. The zero-order valence-corrected chi connectivity index (χ0v) is 7.36. The normalized spacial score (nSPS) is 10.3. The summed E-state index contributed by atoms with van der Waals surface area (Å²) in [6, 6.07) is 7.30. The zero-order chi connectivity index (χ0) is 9.97. The Bertz CT molecular complexity index is 461. The number of ether oxygens (including phenoxy) is 1. The van der Waals surface area contributed by atoms with Crippen LogP contribution in [0, 0.1) is 0 Å². The average molecular weight is 191 g/mol. The van der Waals surface area contributed by atoms with Gasteiger partial charge in [-0.1, -0.05) is 0 Å². The lowest BCUT2D eigenvalue weighted by Gasteiger charge is -2.02. The molecule has 0 fully saturated rings. The van der Waals surface area contributed by atoms with E-state index in [4.69, 9.17) is 9.84 Å². The highest BCUT2D eigenvalue weighted by Gasteiger charge is 2.00. The summed E-state index contributed by atoms with van der Waals surface area (Å²) in [6.07, 6.45) is 1.83. The van der Waals surface area contributed by atoms with Crippen molar-refractivity contribution in [2.45, 2.75) is 0 Å². The highest BCUT2D eigenvalue weighted by atomic mass is 16.5. The fourth-order valence-corrected chi connectivity index (χ4v) is 1.27. The summed E-state index contributed by atoms with van der Waals surface area (Å²) in [5, 5.41) is 9.42. The van der Waals surface area contributed by atoms with Gasteiger partial charge in [0.1, 0.15) is 5.75 Å². The van der Waals surface area contributed by atoms with E-state index in [0.717, 1.165) is 10.9 Å². The van der Waals surface area contributed by atoms with E-state index >= 15 is 0 Å². The minimum absolute atomic E-state index is 0.310. The Balaban J connectivity index is 2.21. The van der Waals surface area contributed by atoms with Gasteiger partial charge >= 0.3 is 5.97 Å². The summed E-state index contributed by atoms with van der Waals surface area (Å²) >= 11 is 0. The van der Waals surface area contributed by atoms with Crippen LogP contribution in [0.3, 0.4) is 0 Å². The molecule has 14 heavy (non-hydrogen) atoms. The standard InChI is InChI=1S/C10H9NO3/c12-10(13)6-14-8-1-2-9-7(5-8)3-4-11-9/h1-5,11H,6H2,(H,12,13). The van der Waals surface area contributed by atoms with Crippen LogP contribution in [0.15, 0.2) is 30.5 Å². The molecule has 0 bridgehead atoms. The molecule has 1 aromatic heterocycles. The Labute approximate surface area is 80.1 Å². The first kappa shape index (κ1) is 8.62. The predicted octanol–water partition coefficient (Wildman–Crippen LogP) is 1.63. The number of rotatable bonds is 3. The van der Waals surface area contributed by atoms with Crippen molar-refractivity contribution in [2.75, 3.05) is 6.61 Å². The Morgan fingerprint density at radius 2 is 2.29 bits per heavy atom. The molecule has 0 saturated heterocycles. The first-order chi connectivity index (χ1) is 6.75. The minimum atomic E-state index is -0.973. The van der Waals surface area contributed by atoms with Crippen LogP contribution in [0.25, 0.3) is 10.9 Å². The van der Waals surface area contributed by atoms with Gasteiger partial charge in [-0.15, -0.1) is 0 Å². The Kier molecular flexibility index (Phi) is 2.10. The smallest absolute Gasteiger partial charge is 0.341 e. The lowest BCUT2D eigenvalue weighted by Crippen LogP contribution is -2.09. The molecule has 1 aromatic carbocycles. The number of aromatic amines is 1. The minimum Gasteiger partial charge on any atom is -0.482 e. The number of hydrogen-bond acceptors (Lipinski definition) is 2. The van der Waals surface area contributed by atoms with E-state index < -0.39 is 5.97 Å². The summed E-state index contributed by atoms with van der Waals surface area (Å²) in [7, 11) is 0. The van der Waals surface area contributed by atoms with Gasteiger partial charge in [0, 0.05) is 17.1 Å². The number of nitrogens with one attached hydrogen (secondary N) is 1. The van der Waals surface area contributed by atoms with Gasteiger partial charge in [-0.2, -0.15) is 0 Å². The highest BCUT2D eigenvalue weighted by molar-refractivity contribution is 5.80. The van der Waals surface area contributed by atoms with Gasteiger partial charge in [-0.05, 0) is 24.3 Å². The molecule has 0 saturated carbocycles. The molecule has 4 heteroatoms. The van der Waals surface area contributed by atoms with Gasteiger partial charge in [0.25, 0.3) is 0 Å². The van der Waals surface area contributed by atoms with E-state index in [2.05, 4.69) is 4.98 Å². The van der Waals surface area contributed by atoms with Gasteiger partial charge in [0.05, 0.1) is 0 Å². The first-order valence-electron chi connectivity index (χ1n) is 4.17. The van der Waals surface area contributed by atoms with E-state index in [-0.39, 0.29) is 6.61 Å². The molecule has 0 atom stereocenters. The molecule has 0 spiro atoms. The third kappa shape index (κ3) is 1.69. The van der Waals surface area contributed by atoms with Gasteiger partial charge in [-0.25, -0.2) is 4.79 Å². The molecule has 0 aliphatic heterocycles. The van der Waals surface area contributed by atoms with Crippen molar-refractivity contribution in [2.24, 2.45) is 0 Å². The molecule has 0 amide bonds. The second-order valence-electron chi connectivity index (χ2n) is 2.91. The lowest BCUT2D eigenvalue weighted by molar-refractivity contribution is -0.139.